The second kappa shape index (κ2) is 14.4. The van der Waals surface area contributed by atoms with Crippen LogP contribution in [0.25, 0.3) is 110 Å². The number of carbonyl (C=O) groups is 3. The number of carbonyl (C=O) groups excluding carboxylic acids is 3. The zero-order chi connectivity index (χ0) is 47.2. The summed E-state index contributed by atoms with van der Waals surface area (Å²) in [7, 11) is 0. The first-order valence-electron chi connectivity index (χ1n) is 23.5. The Morgan fingerprint density at radius 1 is 0.329 bits per heavy atom. The smallest absolute Gasteiger partial charge is 0.424 e. The van der Waals surface area contributed by atoms with E-state index in [0.29, 0.717) is 22.7 Å². The quantitative estimate of drug-likeness (QED) is 0.165. The first-order valence-corrected chi connectivity index (χ1v) is 23.5. The van der Waals surface area contributed by atoms with Crippen LogP contribution in [0.15, 0.2) is 194 Å². The van der Waals surface area contributed by atoms with Gasteiger partial charge in [-0.2, -0.15) is 4.90 Å². The molecule has 0 N–H and O–H groups in total. The Labute approximate surface area is 400 Å². The van der Waals surface area contributed by atoms with Gasteiger partial charge in [0.2, 0.25) is 0 Å². The third-order valence-electron chi connectivity index (χ3n) is 14.0. The molecule has 0 bridgehead atoms. The van der Waals surface area contributed by atoms with Crippen LogP contribution in [0.4, 0.5) is 4.79 Å². The summed E-state index contributed by atoms with van der Waals surface area (Å²) in [6, 6.07) is 66.0. The molecular formula is C61H41N5O4. The van der Waals surface area contributed by atoms with Gasteiger partial charge in [0, 0.05) is 43.1 Å². The number of rotatable bonds is 4. The fourth-order valence-corrected chi connectivity index (χ4v) is 11.4. The second-order valence-corrected chi connectivity index (χ2v) is 19.0. The normalized spacial score (nSPS) is 13.2. The van der Waals surface area contributed by atoms with E-state index in [9.17, 15) is 4.79 Å². The number of hydrogen-bond donors (Lipinski definition) is 0. The van der Waals surface area contributed by atoms with Gasteiger partial charge in [0.1, 0.15) is 5.60 Å². The summed E-state index contributed by atoms with van der Waals surface area (Å²) in [5.41, 5.74) is 8.16. The van der Waals surface area contributed by atoms with E-state index in [1.54, 1.807) is 20.8 Å². The molecule has 1 aliphatic heterocycles. The number of para-hydroxylation sites is 8. The Morgan fingerprint density at radius 3 is 0.743 bits per heavy atom. The molecule has 1 aliphatic rings. The Hall–Kier alpha value is -9.21. The second-order valence-electron chi connectivity index (χ2n) is 19.0. The van der Waals surface area contributed by atoms with Gasteiger partial charge in [-0.25, -0.2) is 4.79 Å². The van der Waals surface area contributed by atoms with Crippen molar-refractivity contribution in [1.29, 1.82) is 0 Å². The summed E-state index contributed by atoms with van der Waals surface area (Å²) in [5.74, 6) is -1.55. The van der Waals surface area contributed by atoms with Crippen LogP contribution >= 0.6 is 0 Å². The van der Waals surface area contributed by atoms with E-state index in [0.717, 1.165) is 92.1 Å². The van der Waals surface area contributed by atoms with Gasteiger partial charge in [-0.1, -0.05) is 146 Å². The van der Waals surface area contributed by atoms with Crippen molar-refractivity contribution in [2.24, 2.45) is 0 Å². The maximum absolute atomic E-state index is 16.2. The SMILES string of the molecule is CC(C)(C)OC(=O)N1C(=O)c2c(c(-n3c4ccccc4c4ccccc43)c(-n3c4ccccc4c4ccccc43)c(-n3c4ccccc4c4ccccc43)c2-n2c3ccccc3c3ccccc32)C1=O. The Bertz CT molecular complexity index is 3980. The molecule has 14 rings (SSSR count). The van der Waals surface area contributed by atoms with Crippen molar-refractivity contribution >= 4 is 105 Å². The topological polar surface area (TPSA) is 83.4 Å². The zero-order valence-corrected chi connectivity index (χ0v) is 38.3. The molecule has 0 atom stereocenters. The molecule has 0 spiro atoms. The maximum atomic E-state index is 16.2. The summed E-state index contributed by atoms with van der Waals surface area (Å²) in [4.78, 5) is 47.9. The van der Waals surface area contributed by atoms with Gasteiger partial charge in [0.25, 0.3) is 11.8 Å². The number of amides is 3. The highest BCUT2D eigenvalue weighted by Gasteiger charge is 2.49. The first kappa shape index (κ1) is 39.9. The predicted octanol–water partition coefficient (Wildman–Crippen LogP) is 14.6. The number of hydrogen-bond acceptors (Lipinski definition) is 4. The lowest BCUT2D eigenvalue weighted by atomic mass is 9.98. The Morgan fingerprint density at radius 2 is 0.529 bits per heavy atom. The molecule has 0 saturated heterocycles. The molecule has 0 fully saturated rings. The Kier molecular flexibility index (Phi) is 8.21. The molecule has 5 heterocycles. The third kappa shape index (κ3) is 5.34. The van der Waals surface area contributed by atoms with Crippen molar-refractivity contribution < 1.29 is 19.1 Å². The fourth-order valence-electron chi connectivity index (χ4n) is 11.4. The van der Waals surface area contributed by atoms with Gasteiger partial charge in [0.05, 0.1) is 78.0 Å². The standard InChI is InChI=1S/C61H41N5O4/c1-61(2,3)70-60(69)66-58(67)52-53(59(66)68)55(63-46-30-14-6-22-38(46)39-23-7-15-31-47(39)63)57(65-50-34-18-10-26-42(50)43-27-11-19-35-51(43)65)56(64-48-32-16-8-24-40(48)41-25-9-17-33-49(41)64)54(52)62-44-28-12-4-20-36(44)37-21-5-13-29-45(37)62/h4-35H,1-3H3. The van der Waals surface area contributed by atoms with Crippen LogP contribution in [-0.4, -0.2) is 46.7 Å². The molecule has 0 saturated carbocycles. The summed E-state index contributed by atoms with van der Waals surface area (Å²) in [5, 5.41) is 7.90. The van der Waals surface area contributed by atoms with Crippen molar-refractivity contribution in [2.45, 2.75) is 26.4 Å². The highest BCUT2D eigenvalue weighted by molar-refractivity contribution is 6.33. The van der Waals surface area contributed by atoms with Crippen LogP contribution in [-0.2, 0) is 4.74 Å². The van der Waals surface area contributed by atoms with Crippen LogP contribution < -0.4 is 0 Å². The third-order valence-corrected chi connectivity index (χ3v) is 14.0. The van der Waals surface area contributed by atoms with Gasteiger partial charge in [-0.05, 0) is 69.3 Å². The molecule has 4 aromatic heterocycles. The highest BCUT2D eigenvalue weighted by atomic mass is 16.6. The van der Waals surface area contributed by atoms with Crippen molar-refractivity contribution in [2.75, 3.05) is 0 Å². The van der Waals surface area contributed by atoms with Crippen molar-refractivity contribution in [3.05, 3.63) is 205 Å². The highest BCUT2D eigenvalue weighted by Crippen LogP contribution is 2.51. The van der Waals surface area contributed by atoms with E-state index in [4.69, 9.17) is 4.74 Å². The largest absolute Gasteiger partial charge is 0.443 e. The lowest BCUT2D eigenvalue weighted by Crippen LogP contribution is -2.40. The van der Waals surface area contributed by atoms with Gasteiger partial charge >= 0.3 is 6.09 Å². The van der Waals surface area contributed by atoms with E-state index in [2.05, 4.69) is 115 Å². The molecule has 9 nitrogen and oxygen atoms in total. The van der Waals surface area contributed by atoms with Crippen LogP contribution in [0.3, 0.4) is 0 Å². The Balaban J connectivity index is 1.34. The monoisotopic (exact) mass is 907 g/mol. The average Bonchev–Trinajstić information content (AvgIpc) is 4.15. The van der Waals surface area contributed by atoms with E-state index < -0.39 is 23.5 Å². The lowest BCUT2D eigenvalue weighted by Gasteiger charge is -2.28. The zero-order valence-electron chi connectivity index (χ0n) is 38.3. The first-order chi connectivity index (χ1) is 34.2. The molecule has 13 aromatic rings. The van der Waals surface area contributed by atoms with E-state index >= 15 is 9.59 Å². The van der Waals surface area contributed by atoms with Crippen molar-refractivity contribution in [3.8, 4) is 22.7 Å². The molecule has 9 heteroatoms. The van der Waals surface area contributed by atoms with Gasteiger partial charge in [-0.15, -0.1) is 0 Å². The molecule has 70 heavy (non-hydrogen) atoms. The number of fused-ring (bicyclic) bond motifs is 13. The van der Waals surface area contributed by atoms with Gasteiger partial charge < -0.3 is 23.0 Å². The number of benzene rings is 9. The summed E-state index contributed by atoms with van der Waals surface area (Å²) in [6.45, 7) is 5.20. The molecule has 0 radical (unpaired) electrons. The van der Waals surface area contributed by atoms with Crippen LogP contribution in [0.5, 0.6) is 0 Å². The van der Waals surface area contributed by atoms with Crippen molar-refractivity contribution in [3.63, 3.8) is 0 Å². The summed E-state index contributed by atoms with van der Waals surface area (Å²) in [6.07, 6.45) is -1.04. The molecule has 3 amide bonds. The van der Waals surface area contributed by atoms with E-state index in [-0.39, 0.29) is 11.1 Å². The van der Waals surface area contributed by atoms with Gasteiger partial charge in [-0.3, -0.25) is 9.59 Å². The lowest BCUT2D eigenvalue weighted by molar-refractivity contribution is 0.0255. The van der Waals surface area contributed by atoms with Gasteiger partial charge in [0.15, 0.2) is 0 Å². The minimum atomic E-state index is -1.04. The van der Waals surface area contributed by atoms with E-state index in [1.807, 2.05) is 97.1 Å². The number of imide groups is 3. The van der Waals surface area contributed by atoms with Crippen LogP contribution in [0.1, 0.15) is 41.5 Å². The molecule has 0 aliphatic carbocycles. The molecule has 9 aromatic carbocycles. The van der Waals surface area contributed by atoms with E-state index in [1.165, 1.54) is 0 Å². The summed E-state index contributed by atoms with van der Waals surface area (Å²) >= 11 is 0. The molecular weight excluding hydrogens is 867 g/mol. The predicted molar refractivity (Wildman–Crippen MR) is 281 cm³/mol. The molecule has 334 valence electrons. The minimum absolute atomic E-state index is 0.0839. The fraction of sp³-hybridized carbons (Fsp3) is 0.0656. The minimum Gasteiger partial charge on any atom is -0.443 e. The maximum Gasteiger partial charge on any atom is 0.424 e. The number of nitrogens with zero attached hydrogens (tertiary/aromatic N) is 5. The van der Waals surface area contributed by atoms with Crippen LogP contribution in [0.2, 0.25) is 0 Å². The number of ether oxygens (including phenoxy) is 1. The molecule has 0 unspecified atom stereocenters. The van der Waals surface area contributed by atoms with Crippen LogP contribution in [0, 0.1) is 0 Å². The average molecular weight is 908 g/mol. The summed E-state index contributed by atoms with van der Waals surface area (Å²) < 4.78 is 14.8. The van der Waals surface area contributed by atoms with Crippen molar-refractivity contribution in [1.82, 2.24) is 23.2 Å². The number of aromatic nitrogens is 4.